The minimum atomic E-state index is -0.771. The van der Waals surface area contributed by atoms with E-state index in [2.05, 4.69) is 41.5 Å². The van der Waals surface area contributed by atoms with E-state index in [1.807, 2.05) is 48.5 Å². The largest absolute Gasteiger partial charge is 0.386 e. The topological polar surface area (TPSA) is 121 Å². The van der Waals surface area contributed by atoms with Crippen molar-refractivity contribution >= 4 is 36.8 Å². The smallest absolute Gasteiger partial charge is 0.348 e. The third kappa shape index (κ3) is 9.34. The number of rotatable bonds is 12. The monoisotopic (exact) mass is 706 g/mol. The maximum Gasteiger partial charge on any atom is 0.348 e. The molecule has 0 amide bonds. The van der Waals surface area contributed by atoms with E-state index < -0.39 is 11.9 Å². The average Bonchev–Trinajstić information content (AvgIpc) is 3.03. The van der Waals surface area contributed by atoms with Crippen molar-refractivity contribution in [2.24, 2.45) is 23.3 Å². The molecule has 0 aliphatic rings. The molecular formula is C40H52Cl2N4O3. The summed E-state index contributed by atoms with van der Waals surface area (Å²) in [5, 5.41) is 0. The zero-order valence-electron chi connectivity index (χ0n) is 30.1. The Balaban J connectivity index is 0.00000417. The lowest BCUT2D eigenvalue weighted by molar-refractivity contribution is 0.0397. The number of hydrogen-bond donors (Lipinski definition) is 2. The van der Waals surface area contributed by atoms with Crippen LogP contribution >= 0.6 is 24.8 Å². The van der Waals surface area contributed by atoms with Crippen molar-refractivity contribution in [2.75, 3.05) is 0 Å². The predicted octanol–water partition coefficient (Wildman–Crippen LogP) is 8.71. The van der Waals surface area contributed by atoms with Crippen LogP contribution in [0.25, 0.3) is 22.3 Å². The molecule has 0 atom stereocenters. The van der Waals surface area contributed by atoms with Crippen LogP contribution < -0.4 is 11.5 Å². The SMILES string of the molecule is CCc1ccc(-c2c(CN)c(CC(C)C)nc(C)c2C(=O)OC(=O)c2c(C)nc(CC(C)C)c(CN)c2-c2ccc(CC)cc2)cc1.Cl.Cl. The molecule has 7 nitrogen and oxygen atoms in total. The van der Waals surface area contributed by atoms with Gasteiger partial charge in [0.2, 0.25) is 0 Å². The van der Waals surface area contributed by atoms with Crippen molar-refractivity contribution in [1.29, 1.82) is 0 Å². The molecule has 0 spiro atoms. The van der Waals surface area contributed by atoms with Gasteiger partial charge in [-0.25, -0.2) is 9.59 Å². The van der Waals surface area contributed by atoms with E-state index >= 15 is 0 Å². The Bertz CT molecular complexity index is 1620. The molecule has 49 heavy (non-hydrogen) atoms. The number of nitrogens with zero attached hydrogens (tertiary/aromatic N) is 2. The second-order valence-corrected chi connectivity index (χ2v) is 13.1. The van der Waals surface area contributed by atoms with Gasteiger partial charge in [0.15, 0.2) is 0 Å². The Morgan fingerprint density at radius 1 is 0.633 bits per heavy atom. The normalized spacial score (nSPS) is 10.9. The number of halogens is 2. The predicted molar refractivity (Wildman–Crippen MR) is 205 cm³/mol. The highest BCUT2D eigenvalue weighted by Crippen LogP contribution is 2.36. The summed E-state index contributed by atoms with van der Waals surface area (Å²) in [5.41, 5.74) is 22.8. The molecule has 2 aromatic carbocycles. The third-order valence-electron chi connectivity index (χ3n) is 8.64. The van der Waals surface area contributed by atoms with Crippen LogP contribution in [0.2, 0.25) is 0 Å². The van der Waals surface area contributed by atoms with Crippen molar-refractivity contribution in [1.82, 2.24) is 9.97 Å². The second-order valence-electron chi connectivity index (χ2n) is 13.1. The maximum atomic E-state index is 14.2. The lowest BCUT2D eigenvalue weighted by atomic mass is 9.89. The zero-order chi connectivity index (χ0) is 34.4. The van der Waals surface area contributed by atoms with Crippen LogP contribution in [-0.4, -0.2) is 21.9 Å². The van der Waals surface area contributed by atoms with Crippen molar-refractivity contribution in [3.05, 3.63) is 105 Å². The molecule has 0 unspecified atom stereocenters. The molecule has 4 rings (SSSR count). The van der Waals surface area contributed by atoms with Crippen LogP contribution in [0.4, 0.5) is 0 Å². The molecule has 0 saturated carbocycles. The van der Waals surface area contributed by atoms with E-state index in [0.29, 0.717) is 47.2 Å². The fourth-order valence-corrected chi connectivity index (χ4v) is 6.29. The van der Waals surface area contributed by atoms with E-state index in [4.69, 9.17) is 26.2 Å². The molecule has 9 heteroatoms. The van der Waals surface area contributed by atoms with E-state index in [-0.39, 0.29) is 49.0 Å². The maximum absolute atomic E-state index is 14.2. The van der Waals surface area contributed by atoms with Gasteiger partial charge in [-0.1, -0.05) is 90.1 Å². The average molecular weight is 708 g/mol. The summed E-state index contributed by atoms with van der Waals surface area (Å²) in [6, 6.07) is 16.2. The lowest BCUT2D eigenvalue weighted by Gasteiger charge is -2.22. The number of esters is 2. The van der Waals surface area contributed by atoms with Gasteiger partial charge >= 0.3 is 11.9 Å². The van der Waals surface area contributed by atoms with Gasteiger partial charge < -0.3 is 16.2 Å². The minimum absolute atomic E-state index is 0. The van der Waals surface area contributed by atoms with E-state index in [1.165, 1.54) is 11.1 Å². The molecule has 0 bridgehead atoms. The molecule has 0 radical (unpaired) electrons. The first-order valence-corrected chi connectivity index (χ1v) is 16.8. The number of hydrogen-bond acceptors (Lipinski definition) is 7. The fourth-order valence-electron chi connectivity index (χ4n) is 6.29. The molecule has 2 heterocycles. The number of ether oxygens (including phenoxy) is 1. The van der Waals surface area contributed by atoms with Crippen LogP contribution in [0.5, 0.6) is 0 Å². The van der Waals surface area contributed by atoms with Crippen molar-refractivity contribution < 1.29 is 14.3 Å². The van der Waals surface area contributed by atoms with E-state index in [0.717, 1.165) is 46.5 Å². The van der Waals surface area contributed by atoms with E-state index in [1.54, 1.807) is 13.8 Å². The van der Waals surface area contributed by atoms with Crippen LogP contribution in [0.15, 0.2) is 48.5 Å². The summed E-state index contributed by atoms with van der Waals surface area (Å²) in [6.07, 6.45) is 3.19. The molecule has 0 aliphatic carbocycles. The highest BCUT2D eigenvalue weighted by molar-refractivity contribution is 6.09. The molecule has 0 saturated heterocycles. The lowest BCUT2D eigenvalue weighted by Crippen LogP contribution is -2.22. The summed E-state index contributed by atoms with van der Waals surface area (Å²) in [6.45, 7) is 16.6. The highest BCUT2D eigenvalue weighted by atomic mass is 35.5. The first kappa shape index (κ1) is 41.6. The Morgan fingerprint density at radius 2 is 0.959 bits per heavy atom. The summed E-state index contributed by atoms with van der Waals surface area (Å²) >= 11 is 0. The standard InChI is InChI=1S/C40H50N4O3.2ClH/c1-9-27-11-15-29(16-12-27)37-31(21-41)33(19-23(3)4)43-25(7)35(37)39(45)47-40(46)36-26(8)44-34(20-24(5)6)32(22-42)38(36)30-17-13-28(10-2)14-18-30;;/h11-18,23-24H,9-10,19-22,41-42H2,1-8H3;2*1H. The molecule has 0 fully saturated rings. The quantitative estimate of drug-likeness (QED) is 0.112. The molecule has 0 aliphatic heterocycles. The van der Waals surface area contributed by atoms with Crippen molar-refractivity contribution in [3.8, 4) is 22.3 Å². The number of carbonyl (C=O) groups is 2. The van der Waals surface area contributed by atoms with Gasteiger partial charge in [0.1, 0.15) is 0 Å². The zero-order valence-corrected chi connectivity index (χ0v) is 31.7. The summed E-state index contributed by atoms with van der Waals surface area (Å²) in [7, 11) is 0. The van der Waals surface area contributed by atoms with Crippen molar-refractivity contribution in [3.63, 3.8) is 0 Å². The van der Waals surface area contributed by atoms with Gasteiger partial charge in [-0.3, -0.25) is 9.97 Å². The minimum Gasteiger partial charge on any atom is -0.386 e. The van der Waals surface area contributed by atoms with Gasteiger partial charge in [0.25, 0.3) is 0 Å². The number of nitrogens with two attached hydrogens (primary N) is 2. The number of aromatic nitrogens is 2. The summed E-state index contributed by atoms with van der Waals surface area (Å²) in [4.78, 5) is 38.1. The Morgan fingerprint density at radius 3 is 1.22 bits per heavy atom. The third-order valence-corrected chi connectivity index (χ3v) is 8.64. The first-order valence-electron chi connectivity index (χ1n) is 16.8. The summed E-state index contributed by atoms with van der Waals surface area (Å²) in [5.74, 6) is -0.879. The molecule has 264 valence electrons. The molecular weight excluding hydrogens is 655 g/mol. The molecule has 2 aromatic heterocycles. The number of carbonyl (C=O) groups excluding carboxylic acids is 2. The fraction of sp³-hybridized carbons (Fsp3) is 0.400. The van der Waals surface area contributed by atoms with Gasteiger partial charge in [-0.2, -0.15) is 0 Å². The van der Waals surface area contributed by atoms with Crippen LogP contribution in [-0.2, 0) is 43.5 Å². The Kier molecular flexibility index (Phi) is 15.6. The number of benzene rings is 2. The van der Waals surface area contributed by atoms with Gasteiger partial charge in [-0.15, -0.1) is 24.8 Å². The molecule has 4 aromatic rings. The number of pyridine rings is 2. The Hall–Kier alpha value is -3.62. The van der Waals surface area contributed by atoms with Crippen molar-refractivity contribution in [2.45, 2.75) is 94.2 Å². The second kappa shape index (κ2) is 18.4. The Labute approximate surface area is 304 Å². The number of aryl methyl sites for hydroxylation is 4. The molecule has 4 N–H and O–H groups in total. The summed E-state index contributed by atoms with van der Waals surface area (Å²) < 4.78 is 5.80. The van der Waals surface area contributed by atoms with Gasteiger partial charge in [0, 0.05) is 35.6 Å². The van der Waals surface area contributed by atoms with Crippen LogP contribution in [0.3, 0.4) is 0 Å². The van der Waals surface area contributed by atoms with Gasteiger partial charge in [0.05, 0.1) is 22.5 Å². The first-order chi connectivity index (χ1) is 22.4. The van der Waals surface area contributed by atoms with E-state index in [9.17, 15) is 9.59 Å². The van der Waals surface area contributed by atoms with Crippen LogP contribution in [0.1, 0.15) is 107 Å². The van der Waals surface area contributed by atoms with Crippen LogP contribution in [0, 0.1) is 25.7 Å². The van der Waals surface area contributed by atoms with Gasteiger partial charge in [-0.05, 0) is 84.7 Å². The highest BCUT2D eigenvalue weighted by Gasteiger charge is 2.30.